The predicted octanol–water partition coefficient (Wildman–Crippen LogP) is 2.73. The fourth-order valence-electron chi connectivity index (χ4n) is 2.70. The van der Waals surface area contributed by atoms with E-state index in [-0.39, 0.29) is 0 Å². The number of hydrogen-bond acceptors (Lipinski definition) is 3. The van der Waals surface area contributed by atoms with E-state index in [2.05, 4.69) is 9.97 Å². The van der Waals surface area contributed by atoms with E-state index in [9.17, 15) is 0 Å². The van der Waals surface area contributed by atoms with Gasteiger partial charge >= 0.3 is 0 Å². The Bertz CT molecular complexity index is 416. The molecule has 3 rings (SSSR count). The molecular formula is C13H17ClN2O. The van der Waals surface area contributed by atoms with Crippen molar-refractivity contribution < 1.29 is 4.74 Å². The number of hydrogen-bond donors (Lipinski definition) is 0. The van der Waals surface area contributed by atoms with Gasteiger partial charge in [0.2, 0.25) is 0 Å². The first-order valence-corrected chi connectivity index (χ1v) is 6.86. The number of ether oxygens (including phenoxy) is 1. The van der Waals surface area contributed by atoms with Crippen LogP contribution in [-0.2, 0) is 24.0 Å². The Hall–Kier alpha value is -0.670. The van der Waals surface area contributed by atoms with Crippen LogP contribution < -0.4 is 0 Å². The third-order valence-corrected chi connectivity index (χ3v) is 3.93. The Morgan fingerprint density at radius 3 is 2.94 bits per heavy atom. The zero-order valence-electron chi connectivity index (χ0n) is 9.91. The van der Waals surface area contributed by atoms with Crippen molar-refractivity contribution in [3.05, 3.63) is 22.2 Å². The number of halogens is 1. The summed E-state index contributed by atoms with van der Waals surface area (Å²) in [5, 5.41) is 0.665. The van der Waals surface area contributed by atoms with Gasteiger partial charge in [-0.25, -0.2) is 9.97 Å². The minimum absolute atomic E-state index is 0.291. The molecule has 1 aliphatic carbocycles. The van der Waals surface area contributed by atoms with E-state index in [1.807, 2.05) is 0 Å². The molecule has 0 bridgehead atoms. The summed E-state index contributed by atoms with van der Waals surface area (Å²) in [6.45, 7) is 0.878. The van der Waals surface area contributed by atoms with Crippen molar-refractivity contribution in [2.24, 2.45) is 0 Å². The van der Waals surface area contributed by atoms with Crippen molar-refractivity contribution in [1.82, 2.24) is 9.97 Å². The lowest BCUT2D eigenvalue weighted by Gasteiger charge is -2.22. The van der Waals surface area contributed by atoms with Crippen molar-refractivity contribution in [3.8, 4) is 0 Å². The highest BCUT2D eigenvalue weighted by atomic mass is 35.5. The van der Waals surface area contributed by atoms with Gasteiger partial charge in [0, 0.05) is 24.3 Å². The van der Waals surface area contributed by atoms with Gasteiger partial charge in [-0.1, -0.05) is 11.6 Å². The quantitative estimate of drug-likeness (QED) is 0.760. The monoisotopic (exact) mass is 252 g/mol. The largest absolute Gasteiger partial charge is 0.378 e. The molecule has 0 saturated carbocycles. The van der Waals surface area contributed by atoms with E-state index in [4.69, 9.17) is 16.3 Å². The lowest BCUT2D eigenvalue weighted by atomic mass is 10.1. The first-order valence-electron chi connectivity index (χ1n) is 6.48. The summed E-state index contributed by atoms with van der Waals surface area (Å²) in [4.78, 5) is 9.05. The van der Waals surface area contributed by atoms with Gasteiger partial charge in [0.05, 0.1) is 6.10 Å². The number of aromatic nitrogens is 2. The summed E-state index contributed by atoms with van der Waals surface area (Å²) in [6.07, 6.45) is 7.91. The van der Waals surface area contributed by atoms with E-state index in [1.54, 1.807) is 0 Å². The molecule has 0 N–H and O–H groups in total. The first kappa shape index (κ1) is 11.4. The number of fused-ring (bicyclic) bond motifs is 1. The van der Waals surface area contributed by atoms with Crippen LogP contribution in [0.3, 0.4) is 0 Å². The molecule has 0 radical (unpaired) electrons. The van der Waals surface area contributed by atoms with Crippen LogP contribution in [0, 0.1) is 0 Å². The maximum atomic E-state index is 6.20. The van der Waals surface area contributed by atoms with Crippen LogP contribution in [0.15, 0.2) is 0 Å². The Kier molecular flexibility index (Phi) is 3.30. The van der Waals surface area contributed by atoms with Crippen molar-refractivity contribution >= 4 is 11.6 Å². The minimum atomic E-state index is 0.291. The molecule has 1 unspecified atom stereocenters. The molecule has 3 nitrogen and oxygen atoms in total. The lowest BCUT2D eigenvalue weighted by Crippen LogP contribution is -2.22. The molecule has 1 aliphatic heterocycles. The Morgan fingerprint density at radius 1 is 1.18 bits per heavy atom. The molecule has 0 spiro atoms. The van der Waals surface area contributed by atoms with Crippen molar-refractivity contribution in [2.45, 2.75) is 51.0 Å². The minimum Gasteiger partial charge on any atom is -0.378 e. The average Bonchev–Trinajstić information content (AvgIpc) is 2.79. The Morgan fingerprint density at radius 2 is 2.12 bits per heavy atom. The molecule has 92 valence electrons. The summed E-state index contributed by atoms with van der Waals surface area (Å²) in [7, 11) is 0. The third-order valence-electron chi connectivity index (χ3n) is 3.61. The number of aryl methyl sites for hydroxylation is 1. The van der Waals surface area contributed by atoms with Gasteiger partial charge in [-0.05, 0) is 38.5 Å². The SMILES string of the molecule is Clc1nc(CC2CCCCO2)nc2c1CCC2. The molecule has 1 saturated heterocycles. The first-order chi connectivity index (χ1) is 8.33. The molecule has 17 heavy (non-hydrogen) atoms. The molecule has 0 aromatic carbocycles. The zero-order chi connectivity index (χ0) is 11.7. The summed E-state index contributed by atoms with van der Waals surface area (Å²) in [5.41, 5.74) is 2.33. The van der Waals surface area contributed by atoms with Gasteiger partial charge in [0.15, 0.2) is 0 Å². The van der Waals surface area contributed by atoms with Crippen LogP contribution in [0.4, 0.5) is 0 Å². The molecule has 2 aliphatic rings. The lowest BCUT2D eigenvalue weighted by molar-refractivity contribution is 0.0156. The third kappa shape index (κ3) is 2.45. The molecule has 1 fully saturated rings. The smallest absolute Gasteiger partial charge is 0.136 e. The summed E-state index contributed by atoms with van der Waals surface area (Å²) in [5.74, 6) is 0.863. The molecule has 0 amide bonds. The second-order valence-electron chi connectivity index (χ2n) is 4.90. The molecule has 1 aromatic heterocycles. The van der Waals surface area contributed by atoms with E-state index < -0.39 is 0 Å². The van der Waals surface area contributed by atoms with Crippen molar-refractivity contribution in [2.75, 3.05) is 6.61 Å². The standard InChI is InChI=1S/C13H17ClN2O/c14-13-10-5-3-6-11(10)15-12(16-13)8-9-4-1-2-7-17-9/h9H,1-8H2. The van der Waals surface area contributed by atoms with Crippen LogP contribution in [0.2, 0.25) is 5.15 Å². The van der Waals surface area contributed by atoms with E-state index in [0.29, 0.717) is 11.3 Å². The summed E-state index contributed by atoms with van der Waals surface area (Å²) in [6, 6.07) is 0. The highest BCUT2D eigenvalue weighted by molar-refractivity contribution is 6.30. The number of rotatable bonds is 2. The molecule has 4 heteroatoms. The average molecular weight is 253 g/mol. The fraction of sp³-hybridized carbons (Fsp3) is 0.692. The van der Waals surface area contributed by atoms with Gasteiger partial charge in [-0.2, -0.15) is 0 Å². The van der Waals surface area contributed by atoms with E-state index >= 15 is 0 Å². The highest BCUT2D eigenvalue weighted by Crippen LogP contribution is 2.26. The van der Waals surface area contributed by atoms with E-state index in [0.717, 1.165) is 50.2 Å². The Labute approximate surface area is 107 Å². The molecule has 2 heterocycles. The summed E-state index contributed by atoms with van der Waals surface area (Å²) < 4.78 is 5.72. The second kappa shape index (κ2) is 4.91. The normalized spacial score (nSPS) is 23.7. The second-order valence-corrected chi connectivity index (χ2v) is 5.26. The highest BCUT2D eigenvalue weighted by Gasteiger charge is 2.21. The zero-order valence-corrected chi connectivity index (χ0v) is 10.7. The predicted molar refractivity (Wildman–Crippen MR) is 66.4 cm³/mol. The van der Waals surface area contributed by atoms with E-state index in [1.165, 1.54) is 18.4 Å². The molecule has 1 aromatic rings. The Balaban J connectivity index is 1.76. The van der Waals surface area contributed by atoms with Crippen molar-refractivity contribution in [3.63, 3.8) is 0 Å². The maximum Gasteiger partial charge on any atom is 0.136 e. The molecular weight excluding hydrogens is 236 g/mol. The van der Waals surface area contributed by atoms with Gasteiger partial charge in [0.25, 0.3) is 0 Å². The van der Waals surface area contributed by atoms with Gasteiger partial charge in [0.1, 0.15) is 11.0 Å². The van der Waals surface area contributed by atoms with Crippen LogP contribution in [0.25, 0.3) is 0 Å². The topological polar surface area (TPSA) is 35.0 Å². The maximum absolute atomic E-state index is 6.20. The van der Waals surface area contributed by atoms with Crippen LogP contribution in [-0.4, -0.2) is 22.7 Å². The fourth-order valence-corrected chi connectivity index (χ4v) is 3.00. The van der Waals surface area contributed by atoms with Crippen LogP contribution in [0.1, 0.15) is 42.8 Å². The van der Waals surface area contributed by atoms with Gasteiger partial charge in [-0.3, -0.25) is 0 Å². The van der Waals surface area contributed by atoms with Gasteiger partial charge < -0.3 is 4.74 Å². The number of nitrogens with zero attached hydrogens (tertiary/aromatic N) is 2. The van der Waals surface area contributed by atoms with Gasteiger partial charge in [-0.15, -0.1) is 0 Å². The molecule has 1 atom stereocenters. The van der Waals surface area contributed by atoms with Crippen molar-refractivity contribution in [1.29, 1.82) is 0 Å². The summed E-state index contributed by atoms with van der Waals surface area (Å²) >= 11 is 6.20. The van der Waals surface area contributed by atoms with Crippen LogP contribution >= 0.6 is 11.6 Å². The van der Waals surface area contributed by atoms with Crippen LogP contribution in [0.5, 0.6) is 0 Å².